The van der Waals surface area contributed by atoms with E-state index in [1.807, 2.05) is 0 Å². The van der Waals surface area contributed by atoms with E-state index in [2.05, 4.69) is 0 Å². The van der Waals surface area contributed by atoms with E-state index in [-0.39, 0.29) is 6.54 Å². The first-order valence-corrected chi connectivity index (χ1v) is 5.01. The number of nitriles is 1. The molecule has 0 aromatic carbocycles. The minimum atomic E-state index is -1.24. The molecule has 0 aromatic heterocycles. The Labute approximate surface area is 94.0 Å². The van der Waals surface area contributed by atoms with Gasteiger partial charge in [0.25, 0.3) is 0 Å². The average molecular weight is 228 g/mol. The lowest BCUT2D eigenvalue weighted by Gasteiger charge is -2.25. The molecule has 6 heteroatoms. The van der Waals surface area contributed by atoms with Gasteiger partial charge in [-0.1, -0.05) is 0 Å². The van der Waals surface area contributed by atoms with Crippen LogP contribution in [0.3, 0.4) is 0 Å². The topological polar surface area (TPSA) is 93.8 Å². The average Bonchev–Trinajstić information content (AvgIpc) is 2.40. The van der Waals surface area contributed by atoms with Gasteiger partial charge in [0.15, 0.2) is 6.04 Å². The van der Waals surface area contributed by atoms with Crippen LogP contribution in [-0.4, -0.2) is 51.6 Å². The van der Waals surface area contributed by atoms with Crippen LogP contribution in [0.5, 0.6) is 0 Å². The van der Waals surface area contributed by atoms with Crippen molar-refractivity contribution in [2.45, 2.75) is 44.6 Å². The molecule has 2 N–H and O–H groups in total. The van der Waals surface area contributed by atoms with Crippen LogP contribution >= 0.6 is 0 Å². The Bertz CT molecular complexity index is 318. The minimum absolute atomic E-state index is 0.0890. The van der Waals surface area contributed by atoms with E-state index < -0.39 is 29.9 Å². The molecule has 0 aromatic rings. The predicted molar refractivity (Wildman–Crippen MR) is 54.4 cm³/mol. The standard InChI is InChI=1S/C10H16N2O4/c1-10(2,3)16-9(15)12-5-7(13)8(14)6(12)4-11/h6-8,13-14H,5H2,1-3H3. The van der Waals surface area contributed by atoms with Crippen molar-refractivity contribution in [1.82, 2.24) is 4.90 Å². The highest BCUT2D eigenvalue weighted by atomic mass is 16.6. The molecule has 16 heavy (non-hydrogen) atoms. The smallest absolute Gasteiger partial charge is 0.411 e. The Morgan fingerprint density at radius 1 is 1.50 bits per heavy atom. The van der Waals surface area contributed by atoms with Crippen LogP contribution in [0.15, 0.2) is 0 Å². The molecule has 0 saturated carbocycles. The van der Waals surface area contributed by atoms with E-state index in [9.17, 15) is 15.0 Å². The lowest BCUT2D eigenvalue weighted by Crippen LogP contribution is -2.41. The monoisotopic (exact) mass is 228 g/mol. The summed E-state index contributed by atoms with van der Waals surface area (Å²) in [6, 6.07) is 0.725. The minimum Gasteiger partial charge on any atom is -0.444 e. The lowest BCUT2D eigenvalue weighted by atomic mass is 10.1. The molecular formula is C10H16N2O4. The number of carbonyl (C=O) groups excluding carboxylic acids is 1. The third-order valence-electron chi connectivity index (χ3n) is 2.20. The van der Waals surface area contributed by atoms with Crippen LogP contribution in [0.4, 0.5) is 4.79 Å². The fourth-order valence-electron chi connectivity index (χ4n) is 1.47. The molecule has 6 nitrogen and oxygen atoms in total. The van der Waals surface area contributed by atoms with Crippen molar-refractivity contribution in [3.8, 4) is 6.07 Å². The largest absolute Gasteiger partial charge is 0.444 e. The van der Waals surface area contributed by atoms with Crippen molar-refractivity contribution < 1.29 is 19.7 Å². The summed E-state index contributed by atoms with van der Waals surface area (Å²) < 4.78 is 5.06. The summed E-state index contributed by atoms with van der Waals surface area (Å²) in [7, 11) is 0. The number of rotatable bonds is 0. The Morgan fingerprint density at radius 3 is 2.50 bits per heavy atom. The van der Waals surface area contributed by atoms with E-state index in [4.69, 9.17) is 10.00 Å². The van der Waals surface area contributed by atoms with Crippen LogP contribution in [-0.2, 0) is 4.74 Å². The number of likely N-dealkylation sites (tertiary alicyclic amines) is 1. The normalized spacial score (nSPS) is 30.0. The third-order valence-corrected chi connectivity index (χ3v) is 2.20. The van der Waals surface area contributed by atoms with E-state index in [0.29, 0.717) is 0 Å². The highest BCUT2D eigenvalue weighted by Gasteiger charge is 2.44. The quantitative estimate of drug-likeness (QED) is 0.601. The number of aliphatic hydroxyl groups excluding tert-OH is 2. The van der Waals surface area contributed by atoms with Crippen molar-refractivity contribution in [1.29, 1.82) is 5.26 Å². The molecule has 1 aliphatic rings. The number of ether oxygens (including phenoxy) is 1. The van der Waals surface area contributed by atoms with Crippen LogP contribution in [0.1, 0.15) is 20.8 Å². The van der Waals surface area contributed by atoms with Gasteiger partial charge in [0, 0.05) is 0 Å². The molecule has 1 aliphatic heterocycles. The molecule has 3 unspecified atom stereocenters. The third kappa shape index (κ3) is 2.62. The van der Waals surface area contributed by atoms with Crippen molar-refractivity contribution in [2.75, 3.05) is 6.54 Å². The highest BCUT2D eigenvalue weighted by molar-refractivity contribution is 5.69. The van der Waals surface area contributed by atoms with Gasteiger partial charge in [-0.05, 0) is 20.8 Å². The second-order valence-corrected chi connectivity index (χ2v) is 4.76. The number of nitrogens with zero attached hydrogens (tertiary/aromatic N) is 2. The van der Waals surface area contributed by atoms with Crippen molar-refractivity contribution >= 4 is 6.09 Å². The molecule has 90 valence electrons. The molecule has 0 bridgehead atoms. The van der Waals surface area contributed by atoms with Gasteiger partial charge in [0.05, 0.1) is 12.6 Å². The molecule has 1 fully saturated rings. The fraction of sp³-hybridized carbons (Fsp3) is 0.800. The van der Waals surface area contributed by atoms with E-state index in [1.165, 1.54) is 0 Å². The zero-order valence-corrected chi connectivity index (χ0v) is 9.54. The van der Waals surface area contributed by atoms with E-state index in [1.54, 1.807) is 26.8 Å². The maximum Gasteiger partial charge on any atom is 0.411 e. The number of hydrogen-bond donors (Lipinski definition) is 2. The Morgan fingerprint density at radius 2 is 2.06 bits per heavy atom. The fourth-order valence-corrected chi connectivity index (χ4v) is 1.47. The van der Waals surface area contributed by atoms with E-state index >= 15 is 0 Å². The second kappa shape index (κ2) is 4.28. The molecule has 1 rings (SSSR count). The van der Waals surface area contributed by atoms with Crippen LogP contribution in [0.2, 0.25) is 0 Å². The SMILES string of the molecule is CC(C)(C)OC(=O)N1CC(O)C(O)C1C#N. The van der Waals surface area contributed by atoms with Gasteiger partial charge in [0.1, 0.15) is 17.8 Å². The van der Waals surface area contributed by atoms with Gasteiger partial charge in [-0.3, -0.25) is 4.90 Å². The van der Waals surface area contributed by atoms with Crippen LogP contribution < -0.4 is 0 Å². The second-order valence-electron chi connectivity index (χ2n) is 4.76. The summed E-state index contributed by atoms with van der Waals surface area (Å²) in [5.74, 6) is 0. The van der Waals surface area contributed by atoms with Gasteiger partial charge in [-0.15, -0.1) is 0 Å². The number of carbonyl (C=O) groups is 1. The van der Waals surface area contributed by atoms with Crippen molar-refractivity contribution in [2.24, 2.45) is 0 Å². The Hall–Kier alpha value is -1.32. The molecule has 1 saturated heterocycles. The Balaban J connectivity index is 2.74. The van der Waals surface area contributed by atoms with Crippen molar-refractivity contribution in [3.05, 3.63) is 0 Å². The molecular weight excluding hydrogens is 212 g/mol. The summed E-state index contributed by atoms with van der Waals surface area (Å²) in [6.07, 6.45) is -3.04. The van der Waals surface area contributed by atoms with Crippen LogP contribution in [0.25, 0.3) is 0 Å². The molecule has 1 heterocycles. The summed E-state index contributed by atoms with van der Waals surface area (Å²) >= 11 is 0. The zero-order chi connectivity index (χ0) is 12.5. The molecule has 0 radical (unpaired) electrons. The van der Waals surface area contributed by atoms with Crippen molar-refractivity contribution in [3.63, 3.8) is 0 Å². The van der Waals surface area contributed by atoms with Gasteiger partial charge >= 0.3 is 6.09 Å². The number of amides is 1. The first-order chi connectivity index (χ1) is 7.26. The molecule has 3 atom stereocenters. The number of hydrogen-bond acceptors (Lipinski definition) is 5. The molecule has 1 amide bonds. The van der Waals surface area contributed by atoms with Gasteiger partial charge < -0.3 is 14.9 Å². The Kier molecular flexibility index (Phi) is 3.41. The van der Waals surface area contributed by atoms with Gasteiger partial charge in [-0.2, -0.15) is 5.26 Å². The maximum atomic E-state index is 11.7. The first-order valence-electron chi connectivity index (χ1n) is 5.01. The molecule has 0 aliphatic carbocycles. The summed E-state index contributed by atoms with van der Waals surface area (Å²) in [6.45, 7) is 5.02. The van der Waals surface area contributed by atoms with Crippen LogP contribution in [0, 0.1) is 11.3 Å². The summed E-state index contributed by atoms with van der Waals surface area (Å²) in [4.78, 5) is 12.7. The maximum absolute atomic E-state index is 11.7. The zero-order valence-electron chi connectivity index (χ0n) is 9.54. The molecule has 0 spiro atoms. The van der Waals surface area contributed by atoms with Gasteiger partial charge in [-0.25, -0.2) is 4.79 Å². The predicted octanol–water partition coefficient (Wildman–Crippen LogP) is -0.149. The lowest BCUT2D eigenvalue weighted by molar-refractivity contribution is 0.0212. The number of β-amino-alcohol motifs (C(OH)–C–C–N with tert-alkyl or cyclic N) is 1. The first kappa shape index (κ1) is 12.7. The highest BCUT2D eigenvalue weighted by Crippen LogP contribution is 2.21. The van der Waals surface area contributed by atoms with E-state index in [0.717, 1.165) is 4.90 Å². The summed E-state index contributed by atoms with van der Waals surface area (Å²) in [5, 5.41) is 27.6. The summed E-state index contributed by atoms with van der Waals surface area (Å²) in [5.41, 5.74) is -0.671. The number of aliphatic hydroxyl groups is 2. The van der Waals surface area contributed by atoms with Gasteiger partial charge in [0.2, 0.25) is 0 Å².